The number of fused-ring (bicyclic) bond motifs is 1. The molecule has 0 spiro atoms. The van der Waals surface area contributed by atoms with Gasteiger partial charge in [-0.3, -0.25) is 0 Å². The fraction of sp³-hybridized carbons (Fsp3) is 0.0714. The molecule has 0 saturated carbocycles. The van der Waals surface area contributed by atoms with Gasteiger partial charge >= 0.3 is 5.69 Å². The van der Waals surface area contributed by atoms with Crippen LogP contribution < -0.4 is 10.4 Å². The lowest BCUT2D eigenvalue weighted by Crippen LogP contribution is -2.23. The molecule has 0 aliphatic rings. The Morgan fingerprint density at radius 1 is 1.20 bits per heavy atom. The summed E-state index contributed by atoms with van der Waals surface area (Å²) in [6, 6.07) is 8.00. The first kappa shape index (κ1) is 15.7. The molecule has 0 aliphatic heterocycles. The molecule has 3 N–H and O–H groups in total. The molecule has 128 valence electrons. The van der Waals surface area contributed by atoms with Gasteiger partial charge in [0, 0.05) is 0 Å². The first-order valence-electron chi connectivity index (χ1n) is 7.09. The summed E-state index contributed by atoms with van der Waals surface area (Å²) in [7, 11) is -3.80. The van der Waals surface area contributed by atoms with Gasteiger partial charge in [-0.15, -0.1) is 11.3 Å². The Hall–Kier alpha value is -2.76. The minimum Gasteiger partial charge on any atom is -0.337 e. The lowest BCUT2D eigenvalue weighted by Gasteiger charge is -2.04. The van der Waals surface area contributed by atoms with Crippen LogP contribution in [0.1, 0.15) is 5.89 Å². The van der Waals surface area contributed by atoms with Crippen molar-refractivity contribution in [3.8, 4) is 10.7 Å². The number of hydrogen-bond donors (Lipinski definition) is 3. The second kappa shape index (κ2) is 5.95. The third-order valence-corrected chi connectivity index (χ3v) is 5.69. The van der Waals surface area contributed by atoms with Gasteiger partial charge in [-0.1, -0.05) is 11.2 Å². The van der Waals surface area contributed by atoms with Gasteiger partial charge in [-0.25, -0.2) is 17.9 Å². The van der Waals surface area contributed by atoms with Crippen LogP contribution >= 0.6 is 11.3 Å². The third-order valence-electron chi connectivity index (χ3n) is 3.42. The van der Waals surface area contributed by atoms with Crippen molar-refractivity contribution < 1.29 is 12.9 Å². The van der Waals surface area contributed by atoms with Crippen LogP contribution in [0.15, 0.2) is 49.9 Å². The quantitative estimate of drug-likeness (QED) is 0.482. The SMILES string of the molecule is O=c1[nH]c2ccc(S(=O)(=O)NCc3nc(-c4cccs4)no3)cc2[nH]1. The predicted molar refractivity (Wildman–Crippen MR) is 90.6 cm³/mol. The Kier molecular flexibility index (Phi) is 3.75. The van der Waals surface area contributed by atoms with Gasteiger partial charge in [-0.2, -0.15) is 4.98 Å². The Morgan fingerprint density at radius 3 is 2.84 bits per heavy atom. The largest absolute Gasteiger partial charge is 0.337 e. The van der Waals surface area contributed by atoms with E-state index in [0.29, 0.717) is 16.9 Å². The van der Waals surface area contributed by atoms with Gasteiger partial charge in [0.05, 0.1) is 27.4 Å². The van der Waals surface area contributed by atoms with Crippen LogP contribution in [0.2, 0.25) is 0 Å². The van der Waals surface area contributed by atoms with Crippen molar-refractivity contribution in [1.29, 1.82) is 0 Å². The molecule has 0 unspecified atom stereocenters. The number of sulfonamides is 1. The number of hydrogen-bond acceptors (Lipinski definition) is 7. The van der Waals surface area contributed by atoms with Crippen molar-refractivity contribution in [2.45, 2.75) is 11.4 Å². The normalized spacial score (nSPS) is 12.0. The first-order chi connectivity index (χ1) is 12.0. The monoisotopic (exact) mass is 377 g/mol. The van der Waals surface area contributed by atoms with Gasteiger partial charge in [-0.05, 0) is 29.6 Å². The molecule has 9 nitrogen and oxygen atoms in total. The van der Waals surface area contributed by atoms with Crippen molar-refractivity contribution in [3.05, 3.63) is 52.1 Å². The molecule has 3 aromatic heterocycles. The average molecular weight is 377 g/mol. The number of nitrogens with one attached hydrogen (secondary N) is 3. The van der Waals surface area contributed by atoms with E-state index in [0.717, 1.165) is 4.88 Å². The lowest BCUT2D eigenvalue weighted by molar-refractivity contribution is 0.376. The predicted octanol–water partition coefficient (Wildman–Crippen LogP) is 1.45. The third kappa shape index (κ3) is 3.12. The molecule has 25 heavy (non-hydrogen) atoms. The molecular formula is C14H11N5O4S2. The number of nitrogens with zero attached hydrogens (tertiary/aromatic N) is 2. The van der Waals surface area contributed by atoms with E-state index < -0.39 is 15.7 Å². The van der Waals surface area contributed by atoms with Crippen molar-refractivity contribution >= 4 is 32.4 Å². The van der Waals surface area contributed by atoms with Gasteiger partial charge < -0.3 is 14.5 Å². The number of H-pyrrole nitrogens is 2. The van der Waals surface area contributed by atoms with Gasteiger partial charge in [0.25, 0.3) is 0 Å². The second-order valence-electron chi connectivity index (χ2n) is 5.10. The van der Waals surface area contributed by atoms with E-state index in [1.807, 2.05) is 17.5 Å². The van der Waals surface area contributed by atoms with Gasteiger partial charge in [0.2, 0.25) is 21.7 Å². The maximum Gasteiger partial charge on any atom is 0.323 e. The zero-order valence-electron chi connectivity index (χ0n) is 12.5. The molecule has 0 atom stereocenters. The van der Waals surface area contributed by atoms with Gasteiger partial charge in [0.1, 0.15) is 0 Å². The summed E-state index contributed by atoms with van der Waals surface area (Å²) >= 11 is 1.46. The van der Waals surface area contributed by atoms with E-state index in [4.69, 9.17) is 4.52 Å². The van der Waals surface area contributed by atoms with E-state index in [2.05, 4.69) is 24.8 Å². The van der Waals surface area contributed by atoms with Crippen LogP contribution in [-0.2, 0) is 16.6 Å². The van der Waals surface area contributed by atoms with Crippen molar-refractivity contribution in [2.75, 3.05) is 0 Å². The Bertz CT molecular complexity index is 1190. The van der Waals surface area contributed by atoms with Crippen molar-refractivity contribution in [1.82, 2.24) is 24.8 Å². The van der Waals surface area contributed by atoms with Crippen molar-refractivity contribution in [2.24, 2.45) is 0 Å². The number of rotatable bonds is 5. The first-order valence-corrected chi connectivity index (χ1v) is 9.46. The van der Waals surface area contributed by atoms with Crippen LogP contribution in [0.25, 0.3) is 21.7 Å². The second-order valence-corrected chi connectivity index (χ2v) is 7.81. The summed E-state index contributed by atoms with van der Waals surface area (Å²) in [5.41, 5.74) is 0.538. The van der Waals surface area contributed by atoms with E-state index in [1.165, 1.54) is 29.5 Å². The number of imidazole rings is 1. The molecule has 0 amide bonds. The van der Waals surface area contributed by atoms with Crippen LogP contribution in [0, 0.1) is 0 Å². The summed E-state index contributed by atoms with van der Waals surface area (Å²) in [6.45, 7) is -0.137. The maximum absolute atomic E-state index is 12.4. The zero-order chi connectivity index (χ0) is 17.4. The molecule has 0 fully saturated rings. The summed E-state index contributed by atoms with van der Waals surface area (Å²) in [6.07, 6.45) is 0. The highest BCUT2D eigenvalue weighted by atomic mass is 32.2. The smallest absolute Gasteiger partial charge is 0.323 e. The summed E-state index contributed by atoms with van der Waals surface area (Å²) in [4.78, 5) is 21.3. The molecule has 1 aromatic carbocycles. The van der Waals surface area contributed by atoms with E-state index >= 15 is 0 Å². The molecule has 4 rings (SSSR count). The van der Waals surface area contributed by atoms with Crippen LogP contribution in [-0.4, -0.2) is 28.5 Å². The molecular weight excluding hydrogens is 366 g/mol. The number of benzene rings is 1. The summed E-state index contributed by atoms with van der Waals surface area (Å²) < 4.78 is 32.2. The number of aromatic amines is 2. The summed E-state index contributed by atoms with van der Waals surface area (Å²) in [5.74, 6) is 0.568. The highest BCUT2D eigenvalue weighted by Gasteiger charge is 2.17. The van der Waals surface area contributed by atoms with Crippen LogP contribution in [0.3, 0.4) is 0 Å². The fourth-order valence-corrected chi connectivity index (χ4v) is 3.90. The number of aromatic nitrogens is 4. The topological polar surface area (TPSA) is 134 Å². The van der Waals surface area contributed by atoms with E-state index in [1.54, 1.807) is 0 Å². The lowest BCUT2D eigenvalue weighted by atomic mass is 10.3. The highest BCUT2D eigenvalue weighted by Crippen LogP contribution is 2.21. The number of thiophene rings is 1. The summed E-state index contributed by atoms with van der Waals surface area (Å²) in [5, 5.41) is 5.71. The Morgan fingerprint density at radius 2 is 2.04 bits per heavy atom. The molecule has 3 heterocycles. The molecule has 0 aliphatic carbocycles. The van der Waals surface area contributed by atoms with Crippen LogP contribution in [0.4, 0.5) is 0 Å². The fourth-order valence-electron chi connectivity index (χ4n) is 2.25. The molecule has 0 saturated heterocycles. The molecule has 4 aromatic rings. The highest BCUT2D eigenvalue weighted by molar-refractivity contribution is 7.89. The van der Waals surface area contributed by atoms with E-state index in [9.17, 15) is 13.2 Å². The Labute approximate surface area is 144 Å². The maximum atomic E-state index is 12.4. The van der Waals surface area contributed by atoms with Gasteiger partial charge in [0.15, 0.2) is 0 Å². The van der Waals surface area contributed by atoms with Crippen molar-refractivity contribution in [3.63, 3.8) is 0 Å². The molecule has 0 radical (unpaired) electrons. The minimum absolute atomic E-state index is 0.0215. The van der Waals surface area contributed by atoms with Crippen LogP contribution in [0.5, 0.6) is 0 Å². The van der Waals surface area contributed by atoms with E-state index in [-0.39, 0.29) is 17.3 Å². The average Bonchev–Trinajstić information content (AvgIpc) is 3.31. The Balaban J connectivity index is 1.53. The standard InChI is InChI=1S/C14H11N5O4S2/c20-14-16-9-4-3-8(6-10(9)17-14)25(21,22)15-7-12-18-13(19-23-12)11-2-1-5-24-11/h1-6,15H,7H2,(H2,16,17,20). The zero-order valence-corrected chi connectivity index (χ0v) is 14.1. The molecule has 0 bridgehead atoms. The molecule has 11 heteroatoms. The minimum atomic E-state index is -3.80.